The van der Waals surface area contributed by atoms with Crippen LogP contribution >= 0.6 is 0 Å². The first kappa shape index (κ1) is 50.6. The third kappa shape index (κ3) is 11.8. The van der Waals surface area contributed by atoms with E-state index in [2.05, 4.69) is 40.0 Å². The van der Waals surface area contributed by atoms with Gasteiger partial charge in [0.05, 0.1) is 49.8 Å². The third-order valence-corrected chi connectivity index (χ3v) is 15.1. The van der Waals surface area contributed by atoms with Crippen LogP contribution < -0.4 is 0 Å². The summed E-state index contributed by atoms with van der Waals surface area (Å²) in [5.74, 6) is -3.34. The van der Waals surface area contributed by atoms with Crippen LogP contribution in [0.5, 0.6) is 0 Å². The summed E-state index contributed by atoms with van der Waals surface area (Å²) in [7, 11) is 0. The molecule has 7 rings (SSSR count). The molecule has 17 atom stereocenters. The second-order valence-electron chi connectivity index (χ2n) is 20.7. The summed E-state index contributed by atoms with van der Waals surface area (Å²) in [5.41, 5.74) is 0.185. The molecule has 14 heteroatoms. The minimum absolute atomic E-state index is 0.0444. The SMILES string of the molecule is C=C(C/C=C\CO)COC(=O)[C@](C)(O)CC1CC[C@@H](O)[C@]2(C=C(C)C[C@@H]([C@H](C)/C=C/[C@H]3CC[C@@]4(CC[C@H]5O[C@H]([C@@H](O)C[C@H](C)C6O[C@@]7(CCCCO7)CC[C@H]6C)C(=C)[C@@H](O)[C@@H]5O4)O3)O2)O1. The molecule has 0 radical (unpaired) electrons. The molecule has 6 fully saturated rings. The zero-order valence-corrected chi connectivity index (χ0v) is 39.4. The quantitative estimate of drug-likeness (QED) is 0.0926. The average molecular weight is 915 g/mol. The number of aliphatic hydroxyl groups excluding tert-OH is 4. The van der Waals surface area contributed by atoms with Gasteiger partial charge in [0.25, 0.3) is 0 Å². The van der Waals surface area contributed by atoms with Gasteiger partial charge in [-0.05, 0) is 107 Å². The number of allylic oxidation sites excluding steroid dienone is 1. The lowest BCUT2D eigenvalue weighted by molar-refractivity contribution is -0.321. The lowest BCUT2D eigenvalue weighted by Crippen LogP contribution is -2.60. The molecule has 2 unspecified atom stereocenters. The zero-order chi connectivity index (χ0) is 46.7. The van der Waals surface area contributed by atoms with Gasteiger partial charge in [-0.15, -0.1) is 0 Å². The first-order valence-corrected chi connectivity index (χ1v) is 24.5. The predicted molar refractivity (Wildman–Crippen MR) is 241 cm³/mol. The van der Waals surface area contributed by atoms with Gasteiger partial charge in [-0.2, -0.15) is 0 Å². The van der Waals surface area contributed by atoms with Crippen molar-refractivity contribution in [1.82, 2.24) is 0 Å². The first-order valence-electron chi connectivity index (χ1n) is 24.5. The molecule has 65 heavy (non-hydrogen) atoms. The average Bonchev–Trinajstić information content (AvgIpc) is 3.67. The molecule has 7 aliphatic rings. The van der Waals surface area contributed by atoms with Crippen LogP contribution in [0.2, 0.25) is 0 Å². The van der Waals surface area contributed by atoms with Gasteiger partial charge in [0, 0.05) is 38.0 Å². The number of fused-ring (bicyclic) bond motifs is 1. The van der Waals surface area contributed by atoms with Gasteiger partial charge < -0.3 is 63.4 Å². The van der Waals surface area contributed by atoms with Crippen molar-refractivity contribution in [2.24, 2.45) is 17.8 Å². The van der Waals surface area contributed by atoms with Gasteiger partial charge in [0.15, 0.2) is 17.2 Å². The van der Waals surface area contributed by atoms with E-state index in [-0.39, 0.29) is 49.8 Å². The lowest BCUT2D eigenvalue weighted by atomic mass is 9.79. The number of esters is 1. The van der Waals surface area contributed by atoms with E-state index in [1.807, 2.05) is 19.1 Å². The maximum atomic E-state index is 12.9. The first-order chi connectivity index (χ1) is 30.9. The summed E-state index contributed by atoms with van der Waals surface area (Å²) in [4.78, 5) is 12.9. The van der Waals surface area contributed by atoms with E-state index in [1.54, 1.807) is 12.2 Å². The second kappa shape index (κ2) is 21.1. The zero-order valence-electron chi connectivity index (χ0n) is 39.4. The molecule has 3 spiro atoms. The highest BCUT2D eigenvalue weighted by Gasteiger charge is 2.55. The predicted octanol–water partition coefficient (Wildman–Crippen LogP) is 6.17. The molecule has 0 bridgehead atoms. The molecule has 0 aromatic rings. The maximum absolute atomic E-state index is 12.9. The Morgan fingerprint density at radius 1 is 1.00 bits per heavy atom. The van der Waals surface area contributed by atoms with Crippen molar-refractivity contribution in [1.29, 1.82) is 0 Å². The fraction of sp³-hybridized carbons (Fsp3) is 0.784. The maximum Gasteiger partial charge on any atom is 0.338 e. The van der Waals surface area contributed by atoms with E-state index < -0.39 is 71.7 Å². The van der Waals surface area contributed by atoms with Gasteiger partial charge in [0.1, 0.15) is 31.0 Å². The van der Waals surface area contributed by atoms with Crippen molar-refractivity contribution in [3.63, 3.8) is 0 Å². The van der Waals surface area contributed by atoms with Gasteiger partial charge >= 0.3 is 5.97 Å². The topological polar surface area (TPSA) is 192 Å². The van der Waals surface area contributed by atoms with Crippen LogP contribution in [0, 0.1) is 17.8 Å². The molecule has 7 heterocycles. The number of aliphatic hydroxyl groups is 5. The van der Waals surface area contributed by atoms with Gasteiger partial charge in [0.2, 0.25) is 5.79 Å². The monoisotopic (exact) mass is 915 g/mol. The van der Waals surface area contributed by atoms with Crippen molar-refractivity contribution in [3.05, 3.63) is 60.3 Å². The Morgan fingerprint density at radius 3 is 2.52 bits per heavy atom. The van der Waals surface area contributed by atoms with Crippen LogP contribution in [0.15, 0.2) is 60.3 Å². The summed E-state index contributed by atoms with van der Waals surface area (Å²) in [5, 5.41) is 54.6. The van der Waals surface area contributed by atoms with E-state index in [9.17, 15) is 25.2 Å². The second-order valence-corrected chi connectivity index (χ2v) is 20.7. The Kier molecular flexibility index (Phi) is 16.4. The van der Waals surface area contributed by atoms with Crippen LogP contribution in [0.3, 0.4) is 0 Å². The van der Waals surface area contributed by atoms with Crippen molar-refractivity contribution in [2.45, 2.75) is 215 Å². The van der Waals surface area contributed by atoms with E-state index in [4.69, 9.17) is 43.0 Å². The minimum Gasteiger partial charge on any atom is -0.459 e. The number of hydrogen-bond donors (Lipinski definition) is 5. The fourth-order valence-corrected chi connectivity index (χ4v) is 11.2. The summed E-state index contributed by atoms with van der Waals surface area (Å²) in [6.45, 7) is 18.4. The standard InChI is InChI=1S/C51H78O14/c1-31(12-8-10-24-52)30-58-47(56)48(7,57)29-38-15-16-42(54)51(62-38)28-32(2)26-41(63-51)33(3)13-14-37-18-22-50(61-37)23-19-40-46(65-50)43(55)36(6)45(60-40)39(53)27-35(5)44-34(4)17-21-49(64-44)20-9-11-25-59-49/h8,10,13-14,28,33-35,37-46,52-55,57H,1,6,9,11-12,15-27,29-30H2,2-5,7H3/b10-8-,14-13+/t33-,34-,35+,37+,38?,39+,40-,41+,42-,43-,44?,45+,46-,48-,49+,50-,51-/m1/s1. The molecule has 0 aromatic heterocycles. The van der Waals surface area contributed by atoms with Crippen molar-refractivity contribution >= 4 is 5.97 Å². The van der Waals surface area contributed by atoms with Crippen LogP contribution in [-0.2, 0) is 42.7 Å². The molecule has 0 amide bonds. The van der Waals surface area contributed by atoms with Crippen LogP contribution in [0.25, 0.3) is 0 Å². The smallest absolute Gasteiger partial charge is 0.338 e. The van der Waals surface area contributed by atoms with E-state index in [0.717, 1.165) is 50.7 Å². The van der Waals surface area contributed by atoms with E-state index in [0.29, 0.717) is 68.4 Å². The Balaban J connectivity index is 0.898. The highest BCUT2D eigenvalue weighted by atomic mass is 16.7. The van der Waals surface area contributed by atoms with E-state index >= 15 is 0 Å². The molecule has 5 N–H and O–H groups in total. The van der Waals surface area contributed by atoms with Crippen LogP contribution in [-0.4, -0.2) is 135 Å². The Labute approximate surface area is 386 Å². The molecule has 0 aliphatic carbocycles. The van der Waals surface area contributed by atoms with Crippen LogP contribution in [0.4, 0.5) is 0 Å². The highest BCUT2D eigenvalue weighted by Crippen LogP contribution is 2.47. The fourth-order valence-electron chi connectivity index (χ4n) is 11.2. The molecular formula is C51H78O14. The summed E-state index contributed by atoms with van der Waals surface area (Å²) in [6.07, 6.45) is 13.1. The Hall–Kier alpha value is -2.31. The molecular weight excluding hydrogens is 837 g/mol. The molecule has 366 valence electrons. The van der Waals surface area contributed by atoms with Gasteiger partial charge in [-0.3, -0.25) is 0 Å². The summed E-state index contributed by atoms with van der Waals surface area (Å²) < 4.78 is 51.0. The third-order valence-electron chi connectivity index (χ3n) is 15.1. The van der Waals surface area contributed by atoms with E-state index in [1.165, 1.54) is 6.92 Å². The largest absolute Gasteiger partial charge is 0.459 e. The molecule has 7 aliphatic heterocycles. The summed E-state index contributed by atoms with van der Waals surface area (Å²) in [6, 6.07) is 0. The highest BCUT2D eigenvalue weighted by molar-refractivity contribution is 5.78. The minimum atomic E-state index is -1.85. The Bertz CT molecular complexity index is 1750. The number of carbonyl (C=O) groups is 1. The summed E-state index contributed by atoms with van der Waals surface area (Å²) >= 11 is 0. The number of rotatable bonds is 15. The Morgan fingerprint density at radius 2 is 1.77 bits per heavy atom. The van der Waals surface area contributed by atoms with Gasteiger partial charge in [-0.25, -0.2) is 4.79 Å². The molecule has 14 nitrogen and oxygen atoms in total. The van der Waals surface area contributed by atoms with Crippen molar-refractivity contribution in [2.75, 3.05) is 19.8 Å². The number of carbonyl (C=O) groups excluding carboxylic acids is 1. The lowest BCUT2D eigenvalue weighted by Gasteiger charge is -2.50. The molecule has 0 saturated carbocycles. The molecule has 0 aromatic carbocycles. The number of hydrogen-bond acceptors (Lipinski definition) is 14. The van der Waals surface area contributed by atoms with Crippen LogP contribution in [0.1, 0.15) is 131 Å². The van der Waals surface area contributed by atoms with Crippen molar-refractivity contribution < 1.29 is 68.2 Å². The number of ether oxygens (including phenoxy) is 8. The molecule has 6 saturated heterocycles. The van der Waals surface area contributed by atoms with Crippen molar-refractivity contribution in [3.8, 4) is 0 Å². The van der Waals surface area contributed by atoms with Gasteiger partial charge in [-0.1, -0.05) is 63.8 Å². The normalized spacial score (nSPS) is 41.3.